The smallest absolute Gasteiger partial charge is 0.0807 e. The summed E-state index contributed by atoms with van der Waals surface area (Å²) >= 11 is 0. The van der Waals surface area contributed by atoms with Crippen LogP contribution in [-0.2, 0) is 4.74 Å². The topological polar surface area (TPSA) is 35.2 Å². The van der Waals surface area contributed by atoms with Crippen LogP contribution in [0.15, 0.2) is 0 Å². The van der Waals surface area contributed by atoms with E-state index in [0.717, 1.165) is 18.9 Å². The van der Waals surface area contributed by atoms with Crippen LogP contribution in [0, 0.1) is 11.8 Å². The molecule has 0 aromatic heterocycles. The number of ether oxygens (including phenoxy) is 1. The van der Waals surface area contributed by atoms with Crippen LogP contribution >= 0.6 is 0 Å². The lowest BCUT2D eigenvalue weighted by Gasteiger charge is -2.44. The van der Waals surface area contributed by atoms with E-state index in [9.17, 15) is 0 Å². The highest BCUT2D eigenvalue weighted by molar-refractivity contribution is 4.94. The molecule has 0 spiro atoms. The number of nitrogens with two attached hydrogens (primary N) is 1. The Morgan fingerprint density at radius 1 is 1.25 bits per heavy atom. The Morgan fingerprint density at radius 2 is 2.06 bits per heavy atom. The average Bonchev–Trinajstić information content (AvgIpc) is 2.29. The van der Waals surface area contributed by atoms with Crippen molar-refractivity contribution in [1.29, 1.82) is 0 Å². The molecule has 4 unspecified atom stereocenters. The first kappa shape index (κ1) is 12.4. The van der Waals surface area contributed by atoms with Crippen LogP contribution < -0.4 is 5.73 Å². The Hall–Kier alpha value is -0.0800. The molecule has 1 aliphatic carbocycles. The molecule has 2 aliphatic rings. The van der Waals surface area contributed by atoms with E-state index in [1.54, 1.807) is 0 Å². The summed E-state index contributed by atoms with van der Waals surface area (Å²) in [6.07, 6.45) is 9.01. The van der Waals surface area contributed by atoms with Crippen molar-refractivity contribution in [3.63, 3.8) is 0 Å². The van der Waals surface area contributed by atoms with Crippen molar-refractivity contribution in [2.75, 3.05) is 6.61 Å². The van der Waals surface area contributed by atoms with Crippen molar-refractivity contribution in [2.24, 2.45) is 17.6 Å². The fourth-order valence-electron chi connectivity index (χ4n) is 3.52. The van der Waals surface area contributed by atoms with E-state index < -0.39 is 0 Å². The van der Waals surface area contributed by atoms with E-state index in [4.69, 9.17) is 10.5 Å². The molecule has 0 amide bonds. The second kappa shape index (κ2) is 5.05. The molecule has 2 heteroatoms. The Balaban J connectivity index is 1.96. The van der Waals surface area contributed by atoms with E-state index in [0.29, 0.717) is 5.92 Å². The van der Waals surface area contributed by atoms with Gasteiger partial charge < -0.3 is 10.5 Å². The zero-order valence-electron chi connectivity index (χ0n) is 10.9. The Bertz CT molecular complexity index is 223. The maximum Gasteiger partial charge on any atom is 0.0807 e. The van der Waals surface area contributed by atoms with Gasteiger partial charge in [0.05, 0.1) is 5.60 Å². The highest BCUT2D eigenvalue weighted by Gasteiger charge is 2.39. The summed E-state index contributed by atoms with van der Waals surface area (Å²) in [6, 6.07) is 0.246. The highest BCUT2D eigenvalue weighted by Crippen LogP contribution is 2.37. The minimum atomic E-state index is -0.0417. The molecule has 4 atom stereocenters. The normalized spacial score (nSPS) is 42.9. The van der Waals surface area contributed by atoms with Crippen LogP contribution in [-0.4, -0.2) is 18.2 Å². The quantitative estimate of drug-likeness (QED) is 0.783. The molecule has 1 aliphatic heterocycles. The first-order chi connectivity index (χ1) is 7.62. The number of hydrogen-bond donors (Lipinski definition) is 1. The molecule has 2 rings (SSSR count). The second-order valence-corrected chi connectivity index (χ2v) is 6.18. The van der Waals surface area contributed by atoms with Crippen molar-refractivity contribution in [3.8, 4) is 0 Å². The van der Waals surface area contributed by atoms with Gasteiger partial charge in [-0.05, 0) is 50.9 Å². The van der Waals surface area contributed by atoms with Gasteiger partial charge in [0.2, 0.25) is 0 Å². The van der Waals surface area contributed by atoms with Gasteiger partial charge in [-0.3, -0.25) is 0 Å². The summed E-state index contributed by atoms with van der Waals surface area (Å²) in [5.74, 6) is 1.55. The zero-order chi connectivity index (χ0) is 11.6. The lowest BCUT2D eigenvalue weighted by Crippen LogP contribution is -2.54. The maximum absolute atomic E-state index is 6.49. The maximum atomic E-state index is 6.49. The standard InChI is InChI=1S/C14H27NO/c1-11-6-5-7-12(10-11)13(15)14(2)8-3-4-9-16-14/h11-13H,3-10,15H2,1-2H3. The molecule has 0 bridgehead atoms. The lowest BCUT2D eigenvalue weighted by molar-refractivity contribution is -0.0957. The van der Waals surface area contributed by atoms with E-state index in [1.165, 1.54) is 38.5 Å². The van der Waals surface area contributed by atoms with Gasteiger partial charge in [-0.25, -0.2) is 0 Å². The summed E-state index contributed by atoms with van der Waals surface area (Å²) in [4.78, 5) is 0. The predicted octanol–water partition coefficient (Wildman–Crippen LogP) is 3.10. The molecule has 0 radical (unpaired) electrons. The van der Waals surface area contributed by atoms with E-state index in [-0.39, 0.29) is 11.6 Å². The molecular weight excluding hydrogens is 198 g/mol. The minimum absolute atomic E-state index is 0.0417. The van der Waals surface area contributed by atoms with Crippen LogP contribution in [0.2, 0.25) is 0 Å². The van der Waals surface area contributed by atoms with Gasteiger partial charge in [-0.2, -0.15) is 0 Å². The summed E-state index contributed by atoms with van der Waals surface area (Å²) < 4.78 is 5.99. The van der Waals surface area contributed by atoms with Crippen molar-refractivity contribution >= 4 is 0 Å². The lowest BCUT2D eigenvalue weighted by atomic mass is 9.72. The van der Waals surface area contributed by atoms with E-state index in [2.05, 4.69) is 13.8 Å². The minimum Gasteiger partial charge on any atom is -0.374 e. The molecule has 2 fully saturated rings. The second-order valence-electron chi connectivity index (χ2n) is 6.18. The van der Waals surface area contributed by atoms with Crippen LogP contribution in [0.5, 0.6) is 0 Å². The van der Waals surface area contributed by atoms with Crippen molar-refractivity contribution in [1.82, 2.24) is 0 Å². The number of hydrogen-bond acceptors (Lipinski definition) is 2. The van der Waals surface area contributed by atoms with Crippen LogP contribution in [0.1, 0.15) is 58.8 Å². The third-order valence-corrected chi connectivity index (χ3v) is 4.69. The van der Waals surface area contributed by atoms with Crippen molar-refractivity contribution < 1.29 is 4.74 Å². The Morgan fingerprint density at radius 3 is 2.69 bits per heavy atom. The van der Waals surface area contributed by atoms with E-state index in [1.807, 2.05) is 0 Å². The molecule has 1 saturated carbocycles. The predicted molar refractivity (Wildman–Crippen MR) is 67.3 cm³/mol. The fourth-order valence-corrected chi connectivity index (χ4v) is 3.52. The summed E-state index contributed by atoms with van der Waals surface area (Å²) in [6.45, 7) is 5.51. The molecule has 1 heterocycles. The van der Waals surface area contributed by atoms with Gasteiger partial charge in [0.1, 0.15) is 0 Å². The van der Waals surface area contributed by atoms with Crippen molar-refractivity contribution in [2.45, 2.75) is 70.4 Å². The van der Waals surface area contributed by atoms with Gasteiger partial charge >= 0.3 is 0 Å². The summed E-state index contributed by atoms with van der Waals surface area (Å²) in [5, 5.41) is 0. The molecular formula is C14H27NO. The third kappa shape index (κ3) is 2.60. The fraction of sp³-hybridized carbons (Fsp3) is 1.00. The molecule has 2 nitrogen and oxygen atoms in total. The van der Waals surface area contributed by atoms with Gasteiger partial charge in [-0.15, -0.1) is 0 Å². The highest BCUT2D eigenvalue weighted by atomic mass is 16.5. The summed E-state index contributed by atoms with van der Waals surface area (Å²) in [5.41, 5.74) is 6.45. The van der Waals surface area contributed by atoms with Crippen LogP contribution in [0.25, 0.3) is 0 Å². The molecule has 0 aromatic rings. The Kier molecular flexibility index (Phi) is 3.91. The molecule has 1 saturated heterocycles. The third-order valence-electron chi connectivity index (χ3n) is 4.69. The molecule has 94 valence electrons. The van der Waals surface area contributed by atoms with E-state index >= 15 is 0 Å². The average molecular weight is 225 g/mol. The van der Waals surface area contributed by atoms with Crippen LogP contribution in [0.4, 0.5) is 0 Å². The molecule has 16 heavy (non-hydrogen) atoms. The molecule has 0 aromatic carbocycles. The SMILES string of the molecule is CC1CCCC(C(N)C2(C)CCCCO2)C1. The zero-order valence-corrected chi connectivity index (χ0v) is 10.9. The Labute approximate surface area is 99.9 Å². The van der Waals surface area contributed by atoms with Gasteiger partial charge in [-0.1, -0.05) is 19.8 Å². The van der Waals surface area contributed by atoms with Gasteiger partial charge in [0, 0.05) is 12.6 Å². The van der Waals surface area contributed by atoms with Crippen molar-refractivity contribution in [3.05, 3.63) is 0 Å². The summed E-state index contributed by atoms with van der Waals surface area (Å²) in [7, 11) is 0. The first-order valence-electron chi connectivity index (χ1n) is 7.01. The van der Waals surface area contributed by atoms with Gasteiger partial charge in [0.25, 0.3) is 0 Å². The monoisotopic (exact) mass is 225 g/mol. The molecule has 2 N–H and O–H groups in total. The first-order valence-corrected chi connectivity index (χ1v) is 7.01. The van der Waals surface area contributed by atoms with Crippen LogP contribution in [0.3, 0.4) is 0 Å². The van der Waals surface area contributed by atoms with Gasteiger partial charge in [0.15, 0.2) is 0 Å². The number of rotatable bonds is 2. The largest absolute Gasteiger partial charge is 0.374 e.